The molecule has 0 aliphatic carbocycles. The molecule has 11 heteroatoms. The smallest absolute Gasteiger partial charge is 0.444 e. The van der Waals surface area contributed by atoms with Crippen LogP contribution in [0.4, 0.5) is 18.0 Å². The summed E-state index contributed by atoms with van der Waals surface area (Å²) in [7, 11) is -5.80. The van der Waals surface area contributed by atoms with Gasteiger partial charge in [-0.15, -0.1) is 0 Å². The number of ether oxygens (including phenoxy) is 1. The molecule has 0 aromatic rings. The molecule has 0 unspecified atom stereocenters. The van der Waals surface area contributed by atoms with Gasteiger partial charge in [0.15, 0.2) is 0 Å². The van der Waals surface area contributed by atoms with Gasteiger partial charge in [0.25, 0.3) is 5.91 Å². The Labute approximate surface area is 125 Å². The summed E-state index contributed by atoms with van der Waals surface area (Å²) >= 11 is 0. The zero-order valence-corrected chi connectivity index (χ0v) is 13.0. The first-order valence-corrected chi connectivity index (χ1v) is 7.85. The van der Waals surface area contributed by atoms with Crippen molar-refractivity contribution >= 4 is 22.0 Å². The maximum Gasteiger partial charge on any atom is 0.516 e. The highest BCUT2D eigenvalue weighted by Gasteiger charge is 2.49. The van der Waals surface area contributed by atoms with E-state index in [0.29, 0.717) is 6.42 Å². The maximum atomic E-state index is 12.3. The summed E-state index contributed by atoms with van der Waals surface area (Å²) in [5.41, 5.74) is -6.45. The molecule has 1 heterocycles. The second kappa shape index (κ2) is 5.94. The van der Waals surface area contributed by atoms with Crippen molar-refractivity contribution in [3.05, 3.63) is 0 Å². The van der Waals surface area contributed by atoms with Crippen molar-refractivity contribution in [1.82, 2.24) is 9.62 Å². The predicted octanol–water partition coefficient (Wildman–Crippen LogP) is 1.35. The van der Waals surface area contributed by atoms with Crippen molar-refractivity contribution in [2.45, 2.75) is 50.8 Å². The Morgan fingerprint density at radius 2 is 1.77 bits per heavy atom. The third-order valence-electron chi connectivity index (χ3n) is 2.72. The van der Waals surface area contributed by atoms with E-state index in [-0.39, 0.29) is 13.0 Å². The van der Waals surface area contributed by atoms with Crippen LogP contribution in [-0.2, 0) is 19.6 Å². The van der Waals surface area contributed by atoms with Gasteiger partial charge in [-0.2, -0.15) is 21.6 Å². The molecule has 1 saturated heterocycles. The monoisotopic (exact) mass is 346 g/mol. The van der Waals surface area contributed by atoms with Crippen LogP contribution < -0.4 is 4.72 Å². The van der Waals surface area contributed by atoms with Gasteiger partial charge in [-0.3, -0.25) is 9.69 Å². The van der Waals surface area contributed by atoms with E-state index in [1.54, 1.807) is 20.8 Å². The lowest BCUT2D eigenvalue weighted by Crippen LogP contribution is -2.51. The van der Waals surface area contributed by atoms with Crippen LogP contribution in [0.2, 0.25) is 0 Å². The molecular formula is C11H17F3N2O5S. The fourth-order valence-electron chi connectivity index (χ4n) is 1.84. The topological polar surface area (TPSA) is 92.8 Å². The van der Waals surface area contributed by atoms with Gasteiger partial charge < -0.3 is 4.74 Å². The summed E-state index contributed by atoms with van der Waals surface area (Å²) in [5, 5.41) is 0. The Balaban J connectivity index is 2.83. The highest BCUT2D eigenvalue weighted by Crippen LogP contribution is 2.24. The molecule has 1 aliphatic rings. The molecule has 0 spiro atoms. The molecule has 1 rings (SSSR count). The number of carbonyl (C=O) groups excluding carboxylic acids is 2. The Kier molecular flexibility index (Phi) is 5.00. The van der Waals surface area contributed by atoms with Crippen molar-refractivity contribution in [1.29, 1.82) is 0 Å². The molecule has 0 aromatic heterocycles. The molecule has 7 nitrogen and oxygen atoms in total. The van der Waals surface area contributed by atoms with Crippen LogP contribution in [0.3, 0.4) is 0 Å². The number of nitrogens with zero attached hydrogens (tertiary/aromatic N) is 1. The Bertz CT molecular complexity index is 553. The average Bonchev–Trinajstić information content (AvgIpc) is 2.72. The van der Waals surface area contributed by atoms with Crippen LogP contribution in [0.1, 0.15) is 33.6 Å². The third-order valence-corrected chi connectivity index (χ3v) is 3.80. The molecule has 128 valence electrons. The maximum absolute atomic E-state index is 12.3. The number of hydrogen-bond acceptors (Lipinski definition) is 5. The Morgan fingerprint density at radius 3 is 2.23 bits per heavy atom. The van der Waals surface area contributed by atoms with Crippen LogP contribution in [0.5, 0.6) is 0 Å². The van der Waals surface area contributed by atoms with E-state index in [1.165, 1.54) is 0 Å². The molecule has 1 fully saturated rings. The van der Waals surface area contributed by atoms with Gasteiger partial charge in [-0.25, -0.2) is 9.52 Å². The average molecular weight is 346 g/mol. The van der Waals surface area contributed by atoms with Crippen molar-refractivity contribution in [3.63, 3.8) is 0 Å². The number of rotatable bonds is 2. The number of halogens is 3. The molecule has 1 atom stereocenters. The van der Waals surface area contributed by atoms with E-state index >= 15 is 0 Å². The predicted molar refractivity (Wildman–Crippen MR) is 69.1 cm³/mol. The van der Waals surface area contributed by atoms with Crippen molar-refractivity contribution in [3.8, 4) is 0 Å². The van der Waals surface area contributed by atoms with Crippen molar-refractivity contribution < 1.29 is 35.9 Å². The Hall–Kier alpha value is -1.52. The van der Waals surface area contributed by atoms with E-state index in [9.17, 15) is 31.2 Å². The molecule has 0 aromatic carbocycles. The van der Waals surface area contributed by atoms with Crippen molar-refractivity contribution in [2.24, 2.45) is 0 Å². The molecule has 1 N–H and O–H groups in total. The van der Waals surface area contributed by atoms with Crippen LogP contribution in [0.15, 0.2) is 0 Å². The van der Waals surface area contributed by atoms with E-state index in [1.807, 2.05) is 0 Å². The highest BCUT2D eigenvalue weighted by molar-refractivity contribution is 7.90. The number of alkyl halides is 3. The van der Waals surface area contributed by atoms with Gasteiger partial charge in [0, 0.05) is 6.54 Å². The highest BCUT2D eigenvalue weighted by atomic mass is 32.2. The third kappa shape index (κ3) is 4.49. The minimum absolute atomic E-state index is 0.0540. The lowest BCUT2D eigenvalue weighted by molar-refractivity contribution is -0.124. The van der Waals surface area contributed by atoms with E-state index in [2.05, 4.69) is 0 Å². The Morgan fingerprint density at radius 1 is 1.23 bits per heavy atom. The van der Waals surface area contributed by atoms with Gasteiger partial charge in [-0.05, 0) is 33.6 Å². The standard InChI is InChI=1S/C11H17F3N2O5S/c1-10(2,3)21-9(18)16-6-4-5-7(16)8(17)15-22(19,20)11(12,13)14/h7H,4-6H2,1-3H3,(H,15,17)/t7-/m0/s1. The summed E-state index contributed by atoms with van der Waals surface area (Å²) < 4.78 is 64.6. The lowest BCUT2D eigenvalue weighted by atomic mass is 10.2. The number of likely N-dealkylation sites (tertiary alicyclic amines) is 1. The fraction of sp³-hybridized carbons (Fsp3) is 0.818. The minimum Gasteiger partial charge on any atom is -0.444 e. The number of sulfonamides is 1. The largest absolute Gasteiger partial charge is 0.516 e. The molecule has 0 saturated carbocycles. The summed E-state index contributed by atoms with van der Waals surface area (Å²) in [6.45, 7) is 4.86. The summed E-state index contributed by atoms with van der Waals surface area (Å²) in [5.74, 6) is -1.40. The van der Waals surface area contributed by atoms with Gasteiger partial charge in [0.05, 0.1) is 0 Å². The quantitative estimate of drug-likeness (QED) is 0.815. The van der Waals surface area contributed by atoms with E-state index < -0.39 is 39.2 Å². The van der Waals surface area contributed by atoms with Gasteiger partial charge in [0.2, 0.25) is 0 Å². The number of carbonyl (C=O) groups is 2. The normalized spacial score (nSPS) is 19.9. The summed E-state index contributed by atoms with van der Waals surface area (Å²) in [6, 6.07) is -1.31. The van der Waals surface area contributed by atoms with E-state index in [0.717, 1.165) is 9.62 Å². The molecular weight excluding hydrogens is 329 g/mol. The first-order valence-electron chi connectivity index (χ1n) is 6.37. The van der Waals surface area contributed by atoms with Crippen molar-refractivity contribution in [2.75, 3.05) is 6.54 Å². The molecule has 0 bridgehead atoms. The number of hydrogen-bond donors (Lipinski definition) is 1. The second-order valence-electron chi connectivity index (χ2n) is 5.75. The zero-order chi connectivity index (χ0) is 17.3. The molecule has 2 amide bonds. The van der Waals surface area contributed by atoms with Crippen LogP contribution in [0, 0.1) is 0 Å². The molecule has 0 radical (unpaired) electrons. The lowest BCUT2D eigenvalue weighted by Gasteiger charge is -2.27. The van der Waals surface area contributed by atoms with Gasteiger partial charge >= 0.3 is 21.6 Å². The number of nitrogens with one attached hydrogen (secondary N) is 1. The van der Waals surface area contributed by atoms with Crippen LogP contribution >= 0.6 is 0 Å². The summed E-state index contributed by atoms with van der Waals surface area (Å²) in [4.78, 5) is 24.6. The van der Waals surface area contributed by atoms with Crippen LogP contribution in [-0.4, -0.2) is 49.0 Å². The van der Waals surface area contributed by atoms with E-state index in [4.69, 9.17) is 4.74 Å². The summed E-state index contributed by atoms with van der Waals surface area (Å²) in [6.07, 6.45) is -0.475. The zero-order valence-electron chi connectivity index (χ0n) is 12.2. The first kappa shape index (κ1) is 18.5. The fourth-order valence-corrected chi connectivity index (χ4v) is 2.35. The molecule has 22 heavy (non-hydrogen) atoms. The molecule has 1 aliphatic heterocycles. The SMILES string of the molecule is CC(C)(C)OC(=O)N1CCC[C@H]1C(=O)NS(=O)(=O)C(F)(F)F. The van der Waals surface area contributed by atoms with Gasteiger partial charge in [-0.1, -0.05) is 0 Å². The second-order valence-corrected chi connectivity index (χ2v) is 7.42. The van der Waals surface area contributed by atoms with Gasteiger partial charge in [0.1, 0.15) is 11.6 Å². The van der Waals surface area contributed by atoms with Crippen LogP contribution in [0.25, 0.3) is 0 Å². The number of amides is 2. The first-order chi connectivity index (χ1) is 9.74. The minimum atomic E-state index is -5.80.